The number of amides is 1. The smallest absolute Gasteiger partial charge is 0.276 e. The summed E-state index contributed by atoms with van der Waals surface area (Å²) in [5, 5.41) is 2.66. The summed E-state index contributed by atoms with van der Waals surface area (Å²) in [4.78, 5) is 23.7. The third-order valence-electron chi connectivity index (χ3n) is 2.90. The largest absolute Gasteiger partial charge is 0.389 e. The van der Waals surface area contributed by atoms with E-state index in [4.69, 9.17) is 18.0 Å². The number of nitrogens with two attached hydrogens (primary N) is 1. The molecule has 104 valence electrons. The average molecular weight is 297 g/mol. The summed E-state index contributed by atoms with van der Waals surface area (Å²) in [5.74, 6) is -0.0177. The van der Waals surface area contributed by atoms with Crippen molar-refractivity contribution in [3.05, 3.63) is 53.9 Å². The number of benzene rings is 1. The number of anilines is 1. The van der Waals surface area contributed by atoms with E-state index >= 15 is 0 Å². The molecule has 1 amide bonds. The van der Waals surface area contributed by atoms with Crippen LogP contribution in [-0.4, -0.2) is 25.8 Å². The van der Waals surface area contributed by atoms with Crippen molar-refractivity contribution in [2.75, 3.05) is 5.32 Å². The molecule has 2 aromatic heterocycles. The van der Waals surface area contributed by atoms with Gasteiger partial charge in [0.05, 0.1) is 11.0 Å². The van der Waals surface area contributed by atoms with Crippen LogP contribution in [0.5, 0.6) is 0 Å². The zero-order chi connectivity index (χ0) is 14.8. The van der Waals surface area contributed by atoms with Crippen LogP contribution in [0.25, 0.3) is 11.0 Å². The number of carbonyl (C=O) groups excluding carboxylic acids is 1. The van der Waals surface area contributed by atoms with E-state index in [9.17, 15) is 4.79 Å². The minimum atomic E-state index is -0.382. The van der Waals surface area contributed by atoms with Gasteiger partial charge in [0.2, 0.25) is 5.95 Å². The average Bonchev–Trinajstić information content (AvgIpc) is 2.89. The molecule has 0 saturated heterocycles. The highest BCUT2D eigenvalue weighted by Crippen LogP contribution is 2.14. The molecule has 0 atom stereocenters. The second-order valence-electron chi connectivity index (χ2n) is 4.35. The Morgan fingerprint density at radius 3 is 2.86 bits per heavy atom. The Hall–Kier alpha value is -2.80. The molecule has 0 bridgehead atoms. The van der Waals surface area contributed by atoms with Crippen molar-refractivity contribution in [1.82, 2.24) is 15.0 Å². The molecule has 0 saturated carbocycles. The highest BCUT2D eigenvalue weighted by Gasteiger charge is 2.11. The molecular weight excluding hydrogens is 286 g/mol. The molecule has 0 radical (unpaired) electrons. The van der Waals surface area contributed by atoms with Crippen LogP contribution in [-0.2, 0) is 0 Å². The standard InChI is InChI=1S/C14H11N5OS/c15-12(21)8-5-6-16-11(7-8)13(20)19-14-17-9-3-1-2-4-10(9)18-14/h1-7H,(H2,15,21)(H2,17,18,19,20). The fourth-order valence-electron chi connectivity index (χ4n) is 1.89. The Morgan fingerprint density at radius 1 is 1.29 bits per heavy atom. The van der Waals surface area contributed by atoms with Crippen LogP contribution in [0.2, 0.25) is 0 Å². The first-order chi connectivity index (χ1) is 10.1. The van der Waals surface area contributed by atoms with Gasteiger partial charge in [0, 0.05) is 11.8 Å². The number of aromatic amines is 1. The van der Waals surface area contributed by atoms with Crippen LogP contribution in [0.3, 0.4) is 0 Å². The molecule has 0 fully saturated rings. The summed E-state index contributed by atoms with van der Waals surface area (Å²) in [6.45, 7) is 0. The van der Waals surface area contributed by atoms with Gasteiger partial charge in [-0.05, 0) is 24.3 Å². The van der Waals surface area contributed by atoms with E-state index in [1.165, 1.54) is 6.20 Å². The van der Waals surface area contributed by atoms with Gasteiger partial charge < -0.3 is 10.7 Å². The number of rotatable bonds is 3. The van der Waals surface area contributed by atoms with Crippen molar-refractivity contribution in [2.24, 2.45) is 5.73 Å². The van der Waals surface area contributed by atoms with E-state index in [-0.39, 0.29) is 16.6 Å². The fourth-order valence-corrected chi connectivity index (χ4v) is 2.02. The fraction of sp³-hybridized carbons (Fsp3) is 0. The monoisotopic (exact) mass is 297 g/mol. The van der Waals surface area contributed by atoms with Gasteiger partial charge in [-0.3, -0.25) is 15.1 Å². The SMILES string of the molecule is NC(=S)c1ccnc(C(=O)Nc2nc3ccccc3[nH]2)c1. The van der Waals surface area contributed by atoms with Crippen molar-refractivity contribution in [3.8, 4) is 0 Å². The lowest BCUT2D eigenvalue weighted by molar-refractivity contribution is 0.102. The predicted molar refractivity (Wildman–Crippen MR) is 84.2 cm³/mol. The Morgan fingerprint density at radius 2 is 2.10 bits per heavy atom. The third-order valence-corrected chi connectivity index (χ3v) is 3.13. The maximum atomic E-state index is 12.1. The Kier molecular flexibility index (Phi) is 3.33. The zero-order valence-electron chi connectivity index (χ0n) is 10.8. The minimum Gasteiger partial charge on any atom is -0.389 e. The number of aromatic nitrogens is 3. The van der Waals surface area contributed by atoms with Gasteiger partial charge in [-0.25, -0.2) is 4.98 Å². The quantitative estimate of drug-likeness (QED) is 0.641. The Bertz CT molecular complexity index is 809. The molecule has 0 aliphatic carbocycles. The number of hydrogen-bond donors (Lipinski definition) is 3. The molecule has 0 unspecified atom stereocenters. The second-order valence-corrected chi connectivity index (χ2v) is 4.79. The number of para-hydroxylation sites is 2. The Labute approximate surface area is 125 Å². The minimum absolute atomic E-state index is 0.218. The molecule has 6 nitrogen and oxygen atoms in total. The van der Waals surface area contributed by atoms with E-state index in [1.54, 1.807) is 12.1 Å². The number of carbonyl (C=O) groups is 1. The van der Waals surface area contributed by atoms with Crippen molar-refractivity contribution in [1.29, 1.82) is 0 Å². The molecule has 0 spiro atoms. The first kappa shape index (κ1) is 13.2. The van der Waals surface area contributed by atoms with E-state index < -0.39 is 0 Å². The van der Waals surface area contributed by atoms with Crippen LogP contribution in [0.4, 0.5) is 5.95 Å². The van der Waals surface area contributed by atoms with Gasteiger partial charge in [0.1, 0.15) is 10.7 Å². The molecule has 2 heterocycles. The van der Waals surface area contributed by atoms with Crippen LogP contribution in [0, 0.1) is 0 Å². The summed E-state index contributed by atoms with van der Waals surface area (Å²) in [6, 6.07) is 10.7. The Balaban J connectivity index is 1.85. The number of imidazole rings is 1. The van der Waals surface area contributed by atoms with E-state index in [1.807, 2.05) is 24.3 Å². The summed E-state index contributed by atoms with van der Waals surface area (Å²) in [6.07, 6.45) is 1.49. The molecule has 21 heavy (non-hydrogen) atoms. The van der Waals surface area contributed by atoms with Crippen LogP contribution < -0.4 is 11.1 Å². The van der Waals surface area contributed by atoms with Gasteiger partial charge in [-0.15, -0.1) is 0 Å². The van der Waals surface area contributed by atoms with Gasteiger partial charge in [0.25, 0.3) is 5.91 Å². The van der Waals surface area contributed by atoms with Gasteiger partial charge in [-0.2, -0.15) is 0 Å². The molecule has 3 rings (SSSR count). The van der Waals surface area contributed by atoms with E-state index in [2.05, 4.69) is 20.3 Å². The number of pyridine rings is 1. The van der Waals surface area contributed by atoms with Crippen LogP contribution in [0.15, 0.2) is 42.6 Å². The lowest BCUT2D eigenvalue weighted by Crippen LogP contribution is -2.17. The van der Waals surface area contributed by atoms with E-state index in [0.717, 1.165) is 11.0 Å². The van der Waals surface area contributed by atoms with Gasteiger partial charge >= 0.3 is 0 Å². The molecule has 7 heteroatoms. The van der Waals surface area contributed by atoms with Crippen LogP contribution >= 0.6 is 12.2 Å². The predicted octanol–water partition coefficient (Wildman–Crippen LogP) is 1.84. The van der Waals surface area contributed by atoms with Crippen molar-refractivity contribution >= 4 is 40.1 Å². The number of nitrogens with one attached hydrogen (secondary N) is 2. The van der Waals surface area contributed by atoms with Gasteiger partial charge in [0.15, 0.2) is 0 Å². The van der Waals surface area contributed by atoms with Gasteiger partial charge in [-0.1, -0.05) is 24.4 Å². The number of hydrogen-bond acceptors (Lipinski definition) is 4. The highest BCUT2D eigenvalue weighted by molar-refractivity contribution is 7.80. The maximum Gasteiger partial charge on any atom is 0.276 e. The summed E-state index contributed by atoms with van der Waals surface area (Å²) in [5.41, 5.74) is 7.98. The normalized spacial score (nSPS) is 10.5. The van der Waals surface area contributed by atoms with Crippen LogP contribution in [0.1, 0.15) is 16.1 Å². The zero-order valence-corrected chi connectivity index (χ0v) is 11.6. The molecule has 3 aromatic rings. The highest BCUT2D eigenvalue weighted by atomic mass is 32.1. The summed E-state index contributed by atoms with van der Waals surface area (Å²) < 4.78 is 0. The maximum absolute atomic E-state index is 12.1. The molecule has 1 aromatic carbocycles. The molecule has 0 aliphatic heterocycles. The topological polar surface area (TPSA) is 96.7 Å². The molecule has 0 aliphatic rings. The summed E-state index contributed by atoms with van der Waals surface area (Å²) in [7, 11) is 0. The number of fused-ring (bicyclic) bond motifs is 1. The lowest BCUT2D eigenvalue weighted by atomic mass is 10.2. The first-order valence-corrected chi connectivity index (χ1v) is 6.56. The third kappa shape index (κ3) is 2.72. The summed E-state index contributed by atoms with van der Waals surface area (Å²) >= 11 is 4.88. The number of nitrogens with zero attached hydrogens (tertiary/aromatic N) is 2. The van der Waals surface area contributed by atoms with Crippen molar-refractivity contribution in [2.45, 2.75) is 0 Å². The molecule has 4 N–H and O–H groups in total. The van der Waals surface area contributed by atoms with E-state index in [0.29, 0.717) is 11.5 Å². The lowest BCUT2D eigenvalue weighted by Gasteiger charge is -2.03. The van der Waals surface area contributed by atoms with Crippen molar-refractivity contribution < 1.29 is 4.79 Å². The number of H-pyrrole nitrogens is 1. The second kappa shape index (κ2) is 5.29. The number of thiocarbonyl (C=S) groups is 1. The first-order valence-electron chi connectivity index (χ1n) is 6.15. The molecular formula is C14H11N5OS. The van der Waals surface area contributed by atoms with Crippen molar-refractivity contribution in [3.63, 3.8) is 0 Å².